The van der Waals surface area contributed by atoms with Crippen LogP contribution in [0.5, 0.6) is 0 Å². The van der Waals surface area contributed by atoms with Gasteiger partial charge in [0.25, 0.3) is 0 Å². The molecule has 3 nitrogen and oxygen atoms in total. The molecule has 0 aromatic carbocycles. The number of aryl methyl sites for hydroxylation is 1. The fourth-order valence-corrected chi connectivity index (χ4v) is 1.91. The van der Waals surface area contributed by atoms with E-state index >= 15 is 0 Å². The van der Waals surface area contributed by atoms with Crippen LogP contribution in [0, 0.1) is 5.92 Å². The normalized spacial score (nSPS) is 16.6. The topological polar surface area (TPSA) is 42.2 Å². The minimum atomic E-state index is -0.830. The summed E-state index contributed by atoms with van der Waals surface area (Å²) in [5.74, 6) is 0.00246. The van der Waals surface area contributed by atoms with Crippen molar-refractivity contribution in [3.63, 3.8) is 0 Å². The van der Waals surface area contributed by atoms with Crippen molar-refractivity contribution >= 4 is 5.97 Å². The number of carboxylic acids is 1. The standard InChI is InChI=1S/C11H15NO2/c13-11(14)10-5-2-7-12(10)8-6-9-3-1-4-9/h2,5,7,9H,1,3-4,6,8H2,(H,13,14). The lowest BCUT2D eigenvalue weighted by Crippen LogP contribution is -2.15. The van der Waals surface area contributed by atoms with E-state index in [0.717, 1.165) is 18.9 Å². The summed E-state index contributed by atoms with van der Waals surface area (Å²) >= 11 is 0. The van der Waals surface area contributed by atoms with E-state index in [0.29, 0.717) is 5.69 Å². The van der Waals surface area contributed by atoms with Crippen LogP contribution in [0.1, 0.15) is 36.2 Å². The Hall–Kier alpha value is -1.25. The van der Waals surface area contributed by atoms with Gasteiger partial charge in [-0.2, -0.15) is 0 Å². The average Bonchev–Trinajstić information content (AvgIpc) is 2.49. The molecule has 1 aliphatic rings. The number of hydrogen-bond donors (Lipinski definition) is 1. The Balaban J connectivity index is 1.94. The SMILES string of the molecule is O=C(O)c1cccn1CCC1CCC1. The summed E-state index contributed by atoms with van der Waals surface area (Å²) < 4.78 is 1.83. The molecule has 76 valence electrons. The molecule has 3 heteroatoms. The number of carbonyl (C=O) groups is 1. The Kier molecular flexibility index (Phi) is 2.57. The zero-order valence-electron chi connectivity index (χ0n) is 8.15. The van der Waals surface area contributed by atoms with Crippen molar-refractivity contribution < 1.29 is 9.90 Å². The van der Waals surface area contributed by atoms with Crippen LogP contribution in [-0.4, -0.2) is 15.6 Å². The van der Waals surface area contributed by atoms with Gasteiger partial charge in [0.2, 0.25) is 0 Å². The molecule has 1 aliphatic carbocycles. The summed E-state index contributed by atoms with van der Waals surface area (Å²) in [6.07, 6.45) is 6.96. The molecule has 1 saturated carbocycles. The molecule has 1 fully saturated rings. The van der Waals surface area contributed by atoms with Gasteiger partial charge in [0.05, 0.1) is 0 Å². The Labute approximate surface area is 83.4 Å². The maximum atomic E-state index is 10.8. The summed E-state index contributed by atoms with van der Waals surface area (Å²) in [5.41, 5.74) is 0.407. The highest BCUT2D eigenvalue weighted by Gasteiger charge is 2.17. The lowest BCUT2D eigenvalue weighted by molar-refractivity contribution is 0.0684. The van der Waals surface area contributed by atoms with E-state index in [-0.39, 0.29) is 0 Å². The largest absolute Gasteiger partial charge is 0.477 e. The predicted octanol–water partition coefficient (Wildman–Crippen LogP) is 2.38. The van der Waals surface area contributed by atoms with Crippen molar-refractivity contribution in [2.75, 3.05) is 0 Å². The van der Waals surface area contributed by atoms with Crippen molar-refractivity contribution in [1.29, 1.82) is 0 Å². The molecule has 1 heterocycles. The van der Waals surface area contributed by atoms with Gasteiger partial charge in [0.1, 0.15) is 5.69 Å². The second-order valence-electron chi connectivity index (χ2n) is 3.98. The average molecular weight is 193 g/mol. The van der Waals surface area contributed by atoms with Gasteiger partial charge in [0, 0.05) is 12.7 Å². The highest BCUT2D eigenvalue weighted by Crippen LogP contribution is 2.29. The van der Waals surface area contributed by atoms with Crippen LogP contribution >= 0.6 is 0 Å². The molecular formula is C11H15NO2. The van der Waals surface area contributed by atoms with Gasteiger partial charge in [-0.1, -0.05) is 19.3 Å². The molecule has 14 heavy (non-hydrogen) atoms. The summed E-state index contributed by atoms with van der Waals surface area (Å²) in [6.45, 7) is 0.847. The first-order valence-corrected chi connectivity index (χ1v) is 5.16. The van der Waals surface area contributed by atoms with Gasteiger partial charge >= 0.3 is 5.97 Å². The van der Waals surface area contributed by atoms with Gasteiger partial charge in [-0.25, -0.2) is 4.79 Å². The van der Waals surface area contributed by atoms with Crippen LogP contribution in [0.15, 0.2) is 18.3 Å². The molecule has 1 N–H and O–H groups in total. The molecule has 0 atom stereocenters. The number of nitrogens with zero attached hydrogens (tertiary/aromatic N) is 1. The van der Waals surface area contributed by atoms with Crippen molar-refractivity contribution in [3.8, 4) is 0 Å². The molecule has 0 bridgehead atoms. The zero-order valence-corrected chi connectivity index (χ0v) is 8.15. The lowest BCUT2D eigenvalue weighted by Gasteiger charge is -2.25. The van der Waals surface area contributed by atoms with Crippen molar-refractivity contribution in [3.05, 3.63) is 24.0 Å². The highest BCUT2D eigenvalue weighted by molar-refractivity contribution is 5.85. The minimum absolute atomic E-state index is 0.407. The summed E-state index contributed by atoms with van der Waals surface area (Å²) in [7, 11) is 0. The van der Waals surface area contributed by atoms with Crippen LogP contribution < -0.4 is 0 Å². The van der Waals surface area contributed by atoms with E-state index < -0.39 is 5.97 Å². The van der Waals surface area contributed by atoms with Crippen LogP contribution in [-0.2, 0) is 6.54 Å². The number of aromatic carboxylic acids is 1. The molecule has 0 saturated heterocycles. The van der Waals surface area contributed by atoms with Crippen molar-refractivity contribution in [2.45, 2.75) is 32.2 Å². The van der Waals surface area contributed by atoms with Crippen LogP contribution in [0.2, 0.25) is 0 Å². The lowest BCUT2D eigenvalue weighted by atomic mass is 9.83. The predicted molar refractivity (Wildman–Crippen MR) is 53.3 cm³/mol. The van der Waals surface area contributed by atoms with Crippen LogP contribution in [0.25, 0.3) is 0 Å². The Bertz CT molecular complexity index is 326. The molecule has 0 radical (unpaired) electrons. The summed E-state index contributed by atoms with van der Waals surface area (Å²) in [5, 5.41) is 8.87. The van der Waals surface area contributed by atoms with Gasteiger partial charge < -0.3 is 9.67 Å². The third-order valence-corrected chi connectivity index (χ3v) is 3.05. The van der Waals surface area contributed by atoms with E-state index in [2.05, 4.69) is 0 Å². The molecule has 1 aromatic heterocycles. The van der Waals surface area contributed by atoms with Crippen molar-refractivity contribution in [2.24, 2.45) is 5.92 Å². The van der Waals surface area contributed by atoms with E-state index in [4.69, 9.17) is 5.11 Å². The third kappa shape index (κ3) is 1.81. The Morgan fingerprint density at radius 3 is 2.93 bits per heavy atom. The Morgan fingerprint density at radius 1 is 1.57 bits per heavy atom. The third-order valence-electron chi connectivity index (χ3n) is 3.05. The monoisotopic (exact) mass is 193 g/mol. The minimum Gasteiger partial charge on any atom is -0.477 e. The zero-order chi connectivity index (χ0) is 9.97. The van der Waals surface area contributed by atoms with E-state index in [9.17, 15) is 4.79 Å². The molecule has 0 amide bonds. The second kappa shape index (κ2) is 3.86. The first-order valence-electron chi connectivity index (χ1n) is 5.16. The van der Waals surface area contributed by atoms with Crippen LogP contribution in [0.4, 0.5) is 0 Å². The molecule has 0 spiro atoms. The van der Waals surface area contributed by atoms with E-state index in [1.54, 1.807) is 12.1 Å². The quantitative estimate of drug-likeness (QED) is 0.797. The van der Waals surface area contributed by atoms with E-state index in [1.165, 1.54) is 19.3 Å². The van der Waals surface area contributed by atoms with Gasteiger partial charge in [-0.05, 0) is 24.5 Å². The molecule has 0 aliphatic heterocycles. The first kappa shape index (κ1) is 9.31. The first-order chi connectivity index (χ1) is 6.77. The van der Waals surface area contributed by atoms with E-state index in [1.807, 2.05) is 10.8 Å². The number of aromatic nitrogens is 1. The maximum absolute atomic E-state index is 10.8. The molecule has 1 aromatic rings. The number of hydrogen-bond acceptors (Lipinski definition) is 1. The molecule has 2 rings (SSSR count). The fourth-order valence-electron chi connectivity index (χ4n) is 1.91. The maximum Gasteiger partial charge on any atom is 0.352 e. The smallest absolute Gasteiger partial charge is 0.352 e. The van der Waals surface area contributed by atoms with Gasteiger partial charge in [0.15, 0.2) is 0 Å². The summed E-state index contributed by atoms with van der Waals surface area (Å²) in [6, 6.07) is 3.45. The molecular weight excluding hydrogens is 178 g/mol. The second-order valence-corrected chi connectivity index (χ2v) is 3.98. The Morgan fingerprint density at radius 2 is 2.36 bits per heavy atom. The number of carboxylic acid groups (broad SMARTS) is 1. The fraction of sp³-hybridized carbons (Fsp3) is 0.545. The number of rotatable bonds is 4. The summed E-state index contributed by atoms with van der Waals surface area (Å²) in [4.78, 5) is 10.8. The van der Waals surface area contributed by atoms with Crippen molar-refractivity contribution in [1.82, 2.24) is 4.57 Å². The van der Waals surface area contributed by atoms with Gasteiger partial charge in [-0.3, -0.25) is 0 Å². The highest BCUT2D eigenvalue weighted by atomic mass is 16.4. The molecule has 0 unspecified atom stereocenters. The van der Waals surface area contributed by atoms with Gasteiger partial charge in [-0.15, -0.1) is 0 Å². The van der Waals surface area contributed by atoms with Crippen LogP contribution in [0.3, 0.4) is 0 Å².